The van der Waals surface area contributed by atoms with E-state index in [9.17, 15) is 32.3 Å². The van der Waals surface area contributed by atoms with Crippen LogP contribution in [0.15, 0.2) is 48.5 Å². The van der Waals surface area contributed by atoms with E-state index >= 15 is 0 Å². The summed E-state index contributed by atoms with van der Waals surface area (Å²) in [4.78, 5) is 62.7. The molecule has 4 N–H and O–H groups in total. The number of carbonyl (C=O) groups is 4. The number of hydrogen-bond acceptors (Lipinski definition) is 11. The Morgan fingerprint density at radius 1 is 0.959 bits per heavy atom. The molecule has 262 valence electrons. The number of amides is 3. The second kappa shape index (κ2) is 15.6. The van der Waals surface area contributed by atoms with Crippen LogP contribution in [0.5, 0.6) is 6.01 Å². The molecule has 14 nitrogen and oxygen atoms in total. The molecule has 0 unspecified atom stereocenters. The Morgan fingerprint density at radius 2 is 1.61 bits per heavy atom. The third kappa shape index (κ3) is 10.5. The highest BCUT2D eigenvalue weighted by atomic mass is 19.4. The number of alkyl halides is 3. The quantitative estimate of drug-likeness (QED) is 0.145. The van der Waals surface area contributed by atoms with Gasteiger partial charge in [-0.25, -0.2) is 4.79 Å². The number of carbonyl (C=O) groups excluding carboxylic acids is 4. The molecule has 0 saturated heterocycles. The molecule has 1 heterocycles. The minimum absolute atomic E-state index is 0.0102. The number of ether oxygens (including phenoxy) is 2. The molecular formula is C32H37F3N8O6. The van der Waals surface area contributed by atoms with Gasteiger partial charge in [-0.05, 0) is 62.9 Å². The number of hydrogen-bond donors (Lipinski definition) is 4. The first-order valence-electron chi connectivity index (χ1n) is 15.3. The van der Waals surface area contributed by atoms with Gasteiger partial charge in [0.15, 0.2) is 6.61 Å². The van der Waals surface area contributed by atoms with E-state index in [1.165, 1.54) is 38.4 Å². The molecule has 3 aromatic rings. The van der Waals surface area contributed by atoms with Crippen LogP contribution >= 0.6 is 0 Å². The van der Waals surface area contributed by atoms with E-state index in [0.29, 0.717) is 5.69 Å². The number of likely N-dealkylation sites (N-methyl/N-ethyl adjacent to an activating group) is 1. The van der Waals surface area contributed by atoms with E-state index in [-0.39, 0.29) is 37.0 Å². The van der Waals surface area contributed by atoms with Gasteiger partial charge in [-0.1, -0.05) is 29.8 Å². The zero-order valence-electron chi connectivity index (χ0n) is 27.3. The van der Waals surface area contributed by atoms with Crippen molar-refractivity contribution in [1.82, 2.24) is 30.5 Å². The number of rotatable bonds is 14. The van der Waals surface area contributed by atoms with Crippen LogP contribution in [-0.2, 0) is 24.7 Å². The van der Waals surface area contributed by atoms with E-state index in [2.05, 4.69) is 36.2 Å². The highest BCUT2D eigenvalue weighted by Crippen LogP contribution is 2.48. The van der Waals surface area contributed by atoms with Gasteiger partial charge in [-0.15, -0.1) is 0 Å². The SMILES string of the molecule is CCOC(=O)[C@H](CCNC(=O)C(=O)N(C)C)NC(=O)c1ccc(Nc2nc(NC3(c4ccc(C)cc4)CC3)nc(OCC(F)(F)F)n2)cc1. The average molecular weight is 687 g/mol. The molecular weight excluding hydrogens is 649 g/mol. The van der Waals surface area contributed by atoms with Crippen molar-refractivity contribution in [1.29, 1.82) is 0 Å². The number of esters is 1. The Bertz CT molecular complexity index is 1650. The van der Waals surface area contributed by atoms with Crippen molar-refractivity contribution in [2.75, 3.05) is 44.5 Å². The van der Waals surface area contributed by atoms with Gasteiger partial charge in [0, 0.05) is 31.9 Å². The molecule has 1 aromatic heterocycles. The van der Waals surface area contributed by atoms with Crippen molar-refractivity contribution in [3.05, 3.63) is 65.2 Å². The van der Waals surface area contributed by atoms with Gasteiger partial charge in [-0.3, -0.25) is 14.4 Å². The van der Waals surface area contributed by atoms with Crippen LogP contribution in [0.3, 0.4) is 0 Å². The second-order valence-corrected chi connectivity index (χ2v) is 11.5. The van der Waals surface area contributed by atoms with Crippen LogP contribution in [0.1, 0.15) is 47.7 Å². The molecule has 2 aromatic carbocycles. The van der Waals surface area contributed by atoms with Gasteiger partial charge < -0.3 is 35.6 Å². The second-order valence-electron chi connectivity index (χ2n) is 11.5. The molecule has 1 aliphatic carbocycles. The first-order valence-corrected chi connectivity index (χ1v) is 15.3. The van der Waals surface area contributed by atoms with Crippen molar-refractivity contribution in [2.24, 2.45) is 0 Å². The zero-order valence-corrected chi connectivity index (χ0v) is 27.3. The monoisotopic (exact) mass is 686 g/mol. The van der Waals surface area contributed by atoms with E-state index in [1.807, 2.05) is 31.2 Å². The fraction of sp³-hybridized carbons (Fsp3) is 0.406. The molecule has 0 aliphatic heterocycles. The number of aryl methyl sites for hydroxylation is 1. The highest BCUT2D eigenvalue weighted by Gasteiger charge is 2.45. The lowest BCUT2D eigenvalue weighted by Gasteiger charge is -2.19. The van der Waals surface area contributed by atoms with Gasteiger partial charge in [-0.2, -0.15) is 28.1 Å². The fourth-order valence-electron chi connectivity index (χ4n) is 4.55. The Labute approximate surface area is 280 Å². The summed E-state index contributed by atoms with van der Waals surface area (Å²) in [6.07, 6.45) is -3.14. The van der Waals surface area contributed by atoms with Crippen molar-refractivity contribution in [3.8, 4) is 6.01 Å². The lowest BCUT2D eigenvalue weighted by Crippen LogP contribution is -2.45. The molecule has 1 saturated carbocycles. The lowest BCUT2D eigenvalue weighted by atomic mass is 10.0. The highest BCUT2D eigenvalue weighted by molar-refractivity contribution is 6.34. The smallest absolute Gasteiger partial charge is 0.422 e. The summed E-state index contributed by atoms with van der Waals surface area (Å²) < 4.78 is 48.6. The first-order chi connectivity index (χ1) is 23.2. The summed E-state index contributed by atoms with van der Waals surface area (Å²) in [6, 6.07) is 12.1. The maximum Gasteiger partial charge on any atom is 0.422 e. The topological polar surface area (TPSA) is 177 Å². The van der Waals surface area contributed by atoms with E-state index in [4.69, 9.17) is 9.47 Å². The minimum Gasteiger partial charge on any atom is -0.464 e. The van der Waals surface area contributed by atoms with Crippen molar-refractivity contribution in [2.45, 2.75) is 50.9 Å². The Hall–Kier alpha value is -5.48. The van der Waals surface area contributed by atoms with E-state index in [0.717, 1.165) is 28.9 Å². The Morgan fingerprint density at radius 3 is 2.20 bits per heavy atom. The standard InChI is InChI=1S/C32H37F3N8O6/c1-5-48-27(47)23(14-17-36-25(45)26(46)43(3)4)38-24(44)20-8-12-22(13-9-20)37-28-39-29(41-30(40-28)49-18-32(33,34)35)42-31(15-16-31)21-10-6-19(2)7-11-21/h6-13,23H,5,14-18H2,1-4H3,(H,36,45)(H,38,44)(H2,37,39,40,41,42)/t23-/m0/s1. The molecule has 49 heavy (non-hydrogen) atoms. The van der Waals surface area contributed by atoms with Crippen molar-refractivity contribution >= 4 is 41.3 Å². The van der Waals surface area contributed by atoms with Gasteiger partial charge in [0.2, 0.25) is 11.9 Å². The normalized spacial score (nSPS) is 13.8. The molecule has 1 aliphatic rings. The van der Waals surface area contributed by atoms with E-state index < -0.39 is 54.1 Å². The summed E-state index contributed by atoms with van der Waals surface area (Å²) in [5.74, 6) is -3.07. The van der Waals surface area contributed by atoms with Crippen LogP contribution in [-0.4, -0.2) is 89.6 Å². The lowest BCUT2D eigenvalue weighted by molar-refractivity contribution is -0.154. The van der Waals surface area contributed by atoms with Gasteiger partial charge in [0.25, 0.3) is 5.91 Å². The fourth-order valence-corrected chi connectivity index (χ4v) is 4.55. The van der Waals surface area contributed by atoms with E-state index in [1.54, 1.807) is 6.92 Å². The van der Waals surface area contributed by atoms with Gasteiger partial charge in [0.1, 0.15) is 6.04 Å². The molecule has 1 atom stereocenters. The van der Waals surface area contributed by atoms with Crippen molar-refractivity contribution in [3.63, 3.8) is 0 Å². The third-order valence-corrected chi connectivity index (χ3v) is 7.28. The molecule has 0 bridgehead atoms. The van der Waals surface area contributed by atoms with Crippen LogP contribution in [0.4, 0.5) is 30.8 Å². The number of benzene rings is 2. The third-order valence-electron chi connectivity index (χ3n) is 7.28. The molecule has 0 radical (unpaired) electrons. The number of anilines is 3. The van der Waals surface area contributed by atoms with Crippen LogP contribution in [0, 0.1) is 6.92 Å². The number of nitrogens with one attached hydrogen (secondary N) is 4. The van der Waals surface area contributed by atoms with Crippen LogP contribution in [0.2, 0.25) is 0 Å². The molecule has 17 heteroatoms. The maximum absolute atomic E-state index is 13.0. The van der Waals surface area contributed by atoms with Gasteiger partial charge in [0.05, 0.1) is 12.1 Å². The molecule has 4 rings (SSSR count). The van der Waals surface area contributed by atoms with Crippen molar-refractivity contribution < 1.29 is 41.8 Å². The molecule has 0 spiro atoms. The maximum atomic E-state index is 13.0. The van der Waals surface area contributed by atoms with Crippen LogP contribution < -0.4 is 26.0 Å². The predicted octanol–water partition coefficient (Wildman–Crippen LogP) is 3.22. The Balaban J connectivity index is 1.45. The van der Waals surface area contributed by atoms with Gasteiger partial charge >= 0.3 is 30.0 Å². The predicted molar refractivity (Wildman–Crippen MR) is 171 cm³/mol. The summed E-state index contributed by atoms with van der Waals surface area (Å²) in [5, 5.41) is 11.1. The first kappa shape index (κ1) is 36.4. The largest absolute Gasteiger partial charge is 0.464 e. The number of aromatic nitrogens is 3. The Kier molecular flexibility index (Phi) is 11.6. The van der Waals surface area contributed by atoms with Crippen LogP contribution in [0.25, 0.3) is 0 Å². The zero-order chi connectivity index (χ0) is 35.8. The average Bonchev–Trinajstić information content (AvgIpc) is 3.83. The summed E-state index contributed by atoms with van der Waals surface area (Å²) in [6.45, 7) is 1.93. The summed E-state index contributed by atoms with van der Waals surface area (Å²) in [5.41, 5.74) is 2.11. The number of nitrogens with zero attached hydrogens (tertiary/aromatic N) is 4. The summed E-state index contributed by atoms with van der Waals surface area (Å²) >= 11 is 0. The number of halogens is 3. The minimum atomic E-state index is -4.62. The molecule has 1 fully saturated rings. The molecule has 3 amide bonds. The summed E-state index contributed by atoms with van der Waals surface area (Å²) in [7, 11) is 2.84.